The molecule has 0 saturated heterocycles. The first-order valence-electron chi connectivity index (χ1n) is 7.40. The average Bonchev–Trinajstić information content (AvgIpc) is 2.61. The van der Waals surface area contributed by atoms with Crippen molar-refractivity contribution in [1.82, 2.24) is 0 Å². The Kier molecular flexibility index (Phi) is 4.90. The van der Waals surface area contributed by atoms with Gasteiger partial charge in [0.2, 0.25) is 5.91 Å². The number of carbonyl (C=O) groups is 1. The summed E-state index contributed by atoms with van der Waals surface area (Å²) in [6.45, 7) is 0.796. The monoisotopic (exact) mass is 363 g/mol. The van der Waals surface area contributed by atoms with Gasteiger partial charge in [-0.25, -0.2) is 0 Å². The molecule has 0 unspecified atom stereocenters. The summed E-state index contributed by atoms with van der Waals surface area (Å²) in [6, 6.07) is 9.08. The van der Waals surface area contributed by atoms with Gasteiger partial charge in [-0.2, -0.15) is 0 Å². The van der Waals surface area contributed by atoms with E-state index < -0.39 is 4.92 Å². The fraction of sp³-hybridized carbons (Fsp3) is 0.188. The predicted octanol–water partition coefficient (Wildman–Crippen LogP) is 3.07. The zero-order valence-corrected chi connectivity index (χ0v) is 13.7. The van der Waals surface area contributed by atoms with Gasteiger partial charge in [0.15, 0.2) is 11.5 Å². The number of nitrogens with zero attached hydrogens (tertiary/aromatic N) is 1. The number of nitrogens with one attached hydrogen (secondary N) is 2. The smallest absolute Gasteiger partial charge is 0.271 e. The molecule has 0 saturated carbocycles. The molecule has 130 valence electrons. The molecular weight excluding hydrogens is 350 g/mol. The maximum atomic E-state index is 12.1. The van der Waals surface area contributed by atoms with E-state index in [9.17, 15) is 14.9 Å². The number of hydrogen-bond acceptors (Lipinski definition) is 6. The zero-order valence-electron chi connectivity index (χ0n) is 13.0. The standard InChI is InChI=1S/C16H14ClN3O5/c17-12-7-14-15(25-5-4-24-14)8-13(12)19-16(21)9-18-10-2-1-3-11(6-10)20(22)23/h1-3,6-8,18H,4-5,9H2,(H,19,21). The Morgan fingerprint density at radius 3 is 2.64 bits per heavy atom. The van der Waals surface area contributed by atoms with E-state index in [1.54, 1.807) is 18.2 Å². The first-order valence-corrected chi connectivity index (χ1v) is 7.78. The molecule has 0 radical (unpaired) electrons. The van der Waals surface area contributed by atoms with E-state index in [1.165, 1.54) is 18.2 Å². The van der Waals surface area contributed by atoms with Crippen LogP contribution in [-0.2, 0) is 4.79 Å². The first kappa shape index (κ1) is 16.8. The Bertz CT molecular complexity index is 827. The number of halogens is 1. The SMILES string of the molecule is O=C(CNc1cccc([N+](=O)[O-])c1)Nc1cc2c(cc1Cl)OCCO2. The third-order valence-electron chi connectivity index (χ3n) is 3.42. The molecule has 1 amide bonds. The number of ether oxygens (including phenoxy) is 2. The summed E-state index contributed by atoms with van der Waals surface area (Å²) in [7, 11) is 0. The molecule has 0 spiro atoms. The van der Waals surface area contributed by atoms with Crippen molar-refractivity contribution >= 4 is 34.6 Å². The number of hydrogen-bond donors (Lipinski definition) is 2. The fourth-order valence-corrected chi connectivity index (χ4v) is 2.47. The Labute approximate surface area is 147 Å². The lowest BCUT2D eigenvalue weighted by molar-refractivity contribution is -0.384. The maximum Gasteiger partial charge on any atom is 0.271 e. The van der Waals surface area contributed by atoms with E-state index in [1.807, 2.05) is 0 Å². The highest BCUT2D eigenvalue weighted by molar-refractivity contribution is 6.34. The molecule has 0 fully saturated rings. The number of non-ortho nitro benzene ring substituents is 1. The van der Waals surface area contributed by atoms with Gasteiger partial charge in [0, 0.05) is 30.0 Å². The van der Waals surface area contributed by atoms with Crippen LogP contribution in [0.15, 0.2) is 36.4 Å². The van der Waals surface area contributed by atoms with Gasteiger partial charge < -0.3 is 20.1 Å². The van der Waals surface area contributed by atoms with E-state index in [2.05, 4.69) is 10.6 Å². The zero-order chi connectivity index (χ0) is 17.8. The minimum Gasteiger partial charge on any atom is -0.486 e. The van der Waals surface area contributed by atoms with Crippen LogP contribution >= 0.6 is 11.6 Å². The number of benzene rings is 2. The van der Waals surface area contributed by atoms with Crippen LogP contribution in [0.3, 0.4) is 0 Å². The molecule has 0 aromatic heterocycles. The van der Waals surface area contributed by atoms with E-state index in [-0.39, 0.29) is 18.1 Å². The molecule has 9 heteroatoms. The third-order valence-corrected chi connectivity index (χ3v) is 3.73. The molecule has 2 aromatic carbocycles. The Hall–Kier alpha value is -3.00. The van der Waals surface area contributed by atoms with Gasteiger partial charge in [-0.15, -0.1) is 0 Å². The van der Waals surface area contributed by atoms with E-state index in [0.29, 0.717) is 41.1 Å². The van der Waals surface area contributed by atoms with E-state index >= 15 is 0 Å². The topological polar surface area (TPSA) is 103 Å². The minimum atomic E-state index is -0.500. The lowest BCUT2D eigenvalue weighted by Gasteiger charge is -2.20. The van der Waals surface area contributed by atoms with Crippen LogP contribution in [0, 0.1) is 10.1 Å². The number of amides is 1. The summed E-state index contributed by atoms with van der Waals surface area (Å²) in [6.07, 6.45) is 0. The van der Waals surface area contributed by atoms with Crippen LogP contribution in [0.2, 0.25) is 5.02 Å². The number of anilines is 2. The van der Waals surface area contributed by atoms with Crippen molar-refractivity contribution in [3.63, 3.8) is 0 Å². The minimum absolute atomic E-state index is 0.0553. The lowest BCUT2D eigenvalue weighted by Crippen LogP contribution is -2.22. The van der Waals surface area contributed by atoms with Crippen molar-refractivity contribution < 1.29 is 19.2 Å². The summed E-state index contributed by atoms with van der Waals surface area (Å²) < 4.78 is 10.9. The second-order valence-corrected chi connectivity index (χ2v) is 5.59. The highest BCUT2D eigenvalue weighted by atomic mass is 35.5. The number of carbonyl (C=O) groups excluding carboxylic acids is 1. The van der Waals surface area contributed by atoms with Gasteiger partial charge >= 0.3 is 0 Å². The largest absolute Gasteiger partial charge is 0.486 e. The number of fused-ring (bicyclic) bond motifs is 1. The quantitative estimate of drug-likeness (QED) is 0.625. The second-order valence-electron chi connectivity index (χ2n) is 5.18. The summed E-state index contributed by atoms with van der Waals surface area (Å²) in [4.78, 5) is 22.3. The number of nitro benzene ring substituents is 1. The molecular formula is C16H14ClN3O5. The van der Waals surface area contributed by atoms with E-state index in [0.717, 1.165) is 0 Å². The average molecular weight is 364 g/mol. The number of nitro groups is 1. The van der Waals surface area contributed by atoms with Crippen molar-refractivity contribution in [2.24, 2.45) is 0 Å². The summed E-state index contributed by atoms with van der Waals surface area (Å²) in [5.74, 6) is 0.687. The van der Waals surface area contributed by atoms with Crippen LogP contribution in [0.25, 0.3) is 0 Å². The molecule has 3 rings (SSSR count). The van der Waals surface area contributed by atoms with Gasteiger partial charge in [0.25, 0.3) is 5.69 Å². The molecule has 2 aromatic rings. The van der Waals surface area contributed by atoms with Crippen molar-refractivity contribution in [2.45, 2.75) is 0 Å². The summed E-state index contributed by atoms with van der Waals surface area (Å²) in [5.41, 5.74) is 0.815. The van der Waals surface area contributed by atoms with Gasteiger partial charge in [0.1, 0.15) is 13.2 Å². The molecule has 0 aliphatic carbocycles. The van der Waals surface area contributed by atoms with Crippen molar-refractivity contribution in [3.8, 4) is 11.5 Å². The Balaban J connectivity index is 1.63. The van der Waals surface area contributed by atoms with Crippen LogP contribution in [0.1, 0.15) is 0 Å². The predicted molar refractivity (Wildman–Crippen MR) is 92.7 cm³/mol. The van der Waals surface area contributed by atoms with E-state index in [4.69, 9.17) is 21.1 Å². The van der Waals surface area contributed by atoms with Crippen molar-refractivity contribution in [2.75, 3.05) is 30.4 Å². The van der Waals surface area contributed by atoms with Crippen LogP contribution in [-0.4, -0.2) is 30.6 Å². The normalized spacial score (nSPS) is 12.4. The van der Waals surface area contributed by atoms with Gasteiger partial charge in [-0.05, 0) is 6.07 Å². The number of rotatable bonds is 5. The van der Waals surface area contributed by atoms with Crippen LogP contribution in [0.5, 0.6) is 11.5 Å². The summed E-state index contributed by atoms with van der Waals surface area (Å²) >= 11 is 6.13. The maximum absolute atomic E-state index is 12.1. The molecule has 8 nitrogen and oxygen atoms in total. The first-order chi connectivity index (χ1) is 12.0. The molecule has 25 heavy (non-hydrogen) atoms. The molecule has 2 N–H and O–H groups in total. The molecule has 1 aliphatic heterocycles. The lowest BCUT2D eigenvalue weighted by atomic mass is 10.2. The molecule has 0 bridgehead atoms. The van der Waals surface area contributed by atoms with Crippen molar-refractivity contribution in [1.29, 1.82) is 0 Å². The molecule has 1 aliphatic rings. The highest BCUT2D eigenvalue weighted by Gasteiger charge is 2.16. The van der Waals surface area contributed by atoms with Gasteiger partial charge in [-0.1, -0.05) is 17.7 Å². The van der Waals surface area contributed by atoms with Gasteiger partial charge in [-0.3, -0.25) is 14.9 Å². The van der Waals surface area contributed by atoms with Crippen LogP contribution < -0.4 is 20.1 Å². The Morgan fingerprint density at radius 2 is 1.92 bits per heavy atom. The van der Waals surface area contributed by atoms with Crippen LogP contribution in [0.4, 0.5) is 17.1 Å². The summed E-state index contributed by atoms with van der Waals surface area (Å²) in [5, 5.41) is 16.6. The fourth-order valence-electron chi connectivity index (χ4n) is 2.27. The van der Waals surface area contributed by atoms with Crippen molar-refractivity contribution in [3.05, 3.63) is 51.5 Å². The van der Waals surface area contributed by atoms with Gasteiger partial charge in [0.05, 0.1) is 22.2 Å². The third kappa shape index (κ3) is 4.10. The molecule has 1 heterocycles. The second kappa shape index (κ2) is 7.27. The Morgan fingerprint density at radius 1 is 1.20 bits per heavy atom. The highest BCUT2D eigenvalue weighted by Crippen LogP contribution is 2.37. The molecule has 0 atom stereocenters.